The van der Waals surface area contributed by atoms with Crippen LogP contribution in [0.1, 0.15) is 17.3 Å². The predicted molar refractivity (Wildman–Crippen MR) is 85.6 cm³/mol. The van der Waals surface area contributed by atoms with Crippen molar-refractivity contribution in [2.45, 2.75) is 12.5 Å². The molecule has 1 heterocycles. The molecule has 2 aromatic rings. The summed E-state index contributed by atoms with van der Waals surface area (Å²) in [6, 6.07) is 3.84. The first-order chi connectivity index (χ1) is 11.8. The predicted octanol–water partition coefficient (Wildman–Crippen LogP) is 1.00. The van der Waals surface area contributed by atoms with Crippen LogP contribution in [0.25, 0.3) is 5.69 Å². The van der Waals surface area contributed by atoms with Gasteiger partial charge >= 0.3 is 5.97 Å². The summed E-state index contributed by atoms with van der Waals surface area (Å²) in [6.45, 7) is 1.02. The molecule has 0 aliphatic rings. The zero-order valence-electron chi connectivity index (χ0n) is 13.5. The Bertz CT molecular complexity index is 804. The number of hydrogen-bond acceptors (Lipinski definition) is 6. The lowest BCUT2D eigenvalue weighted by Crippen LogP contribution is -2.55. The van der Waals surface area contributed by atoms with Gasteiger partial charge in [-0.05, 0) is 19.1 Å². The molecular weight excluding hydrogens is 332 g/mol. The lowest BCUT2D eigenvalue weighted by atomic mass is 10.0. The summed E-state index contributed by atoms with van der Waals surface area (Å²) in [7, 11) is 1.30. The van der Waals surface area contributed by atoms with Crippen LogP contribution in [-0.4, -0.2) is 50.7 Å². The van der Waals surface area contributed by atoms with E-state index in [4.69, 9.17) is 4.74 Å². The SMILES string of the molecule is COCC(C)(NC(=O)c1ccc(-n2ccnc2)c([N+](=O)[O-])c1)C(=O)O. The van der Waals surface area contributed by atoms with E-state index in [0.29, 0.717) is 0 Å². The van der Waals surface area contributed by atoms with Crippen molar-refractivity contribution in [3.8, 4) is 5.69 Å². The molecule has 0 saturated heterocycles. The second-order valence-corrected chi connectivity index (χ2v) is 5.45. The van der Waals surface area contributed by atoms with Crippen LogP contribution in [0.4, 0.5) is 5.69 Å². The number of amides is 1. The van der Waals surface area contributed by atoms with E-state index >= 15 is 0 Å². The van der Waals surface area contributed by atoms with Crippen LogP contribution in [0, 0.1) is 10.1 Å². The van der Waals surface area contributed by atoms with E-state index in [2.05, 4.69) is 10.3 Å². The summed E-state index contributed by atoms with van der Waals surface area (Å²) in [6.07, 6.45) is 4.39. The number of carbonyl (C=O) groups excluding carboxylic acids is 1. The van der Waals surface area contributed by atoms with E-state index in [-0.39, 0.29) is 23.5 Å². The smallest absolute Gasteiger partial charge is 0.331 e. The maximum Gasteiger partial charge on any atom is 0.331 e. The zero-order chi connectivity index (χ0) is 18.6. The van der Waals surface area contributed by atoms with Gasteiger partial charge in [-0.1, -0.05) is 0 Å². The molecule has 0 aliphatic carbocycles. The summed E-state index contributed by atoms with van der Waals surface area (Å²) in [5.41, 5.74) is -1.78. The fraction of sp³-hybridized carbons (Fsp3) is 0.267. The van der Waals surface area contributed by atoms with Crippen LogP contribution in [0.5, 0.6) is 0 Å². The standard InChI is InChI=1S/C15H16N4O6/c1-15(8-25-2,14(21)22)17-13(20)10-3-4-11(12(7-10)19(23)24)18-6-5-16-9-18/h3-7,9H,8H2,1-2H3,(H,17,20)(H,21,22). The van der Waals surface area contributed by atoms with Crippen LogP contribution in [0.15, 0.2) is 36.9 Å². The number of hydrogen-bond donors (Lipinski definition) is 2. The topological polar surface area (TPSA) is 137 Å². The van der Waals surface area contributed by atoms with Gasteiger partial charge in [0.05, 0.1) is 17.9 Å². The number of nitrogens with one attached hydrogen (secondary N) is 1. The Labute approximate surface area is 142 Å². The van der Waals surface area contributed by atoms with Crippen LogP contribution in [0.3, 0.4) is 0 Å². The summed E-state index contributed by atoms with van der Waals surface area (Å²) in [5, 5.41) is 22.9. The second kappa shape index (κ2) is 7.09. The first-order valence-corrected chi connectivity index (χ1v) is 7.10. The molecule has 1 amide bonds. The molecular formula is C15H16N4O6. The first kappa shape index (κ1) is 18.1. The Morgan fingerprint density at radius 2 is 2.20 bits per heavy atom. The molecule has 0 saturated carbocycles. The monoisotopic (exact) mass is 348 g/mol. The Morgan fingerprint density at radius 3 is 2.72 bits per heavy atom. The Kier molecular flexibility index (Phi) is 5.13. The Balaban J connectivity index is 2.36. The van der Waals surface area contributed by atoms with Gasteiger partial charge in [0.15, 0.2) is 5.54 Å². The molecule has 0 bridgehead atoms. The Morgan fingerprint density at radius 1 is 1.48 bits per heavy atom. The number of aliphatic carboxylic acids is 1. The second-order valence-electron chi connectivity index (χ2n) is 5.45. The maximum absolute atomic E-state index is 12.3. The molecule has 0 aliphatic heterocycles. The quantitative estimate of drug-likeness (QED) is 0.562. The van der Waals surface area contributed by atoms with E-state index < -0.39 is 22.3 Å². The Hall–Kier alpha value is -3.27. The number of carbonyl (C=O) groups is 2. The van der Waals surface area contributed by atoms with Crippen molar-refractivity contribution in [2.24, 2.45) is 0 Å². The minimum Gasteiger partial charge on any atom is -0.479 e. The molecule has 0 radical (unpaired) electrons. The summed E-state index contributed by atoms with van der Waals surface area (Å²) < 4.78 is 6.26. The number of aromatic nitrogens is 2. The van der Waals surface area contributed by atoms with Crippen LogP contribution in [-0.2, 0) is 9.53 Å². The van der Waals surface area contributed by atoms with Crippen molar-refractivity contribution in [1.82, 2.24) is 14.9 Å². The minimum absolute atomic E-state index is 0.0425. The van der Waals surface area contributed by atoms with Gasteiger partial charge in [-0.3, -0.25) is 14.9 Å². The lowest BCUT2D eigenvalue weighted by molar-refractivity contribution is -0.384. The number of rotatable bonds is 7. The molecule has 0 spiro atoms. The molecule has 25 heavy (non-hydrogen) atoms. The average molecular weight is 348 g/mol. The van der Waals surface area contributed by atoms with E-state index in [0.717, 1.165) is 6.07 Å². The van der Waals surface area contributed by atoms with Gasteiger partial charge in [0.2, 0.25) is 0 Å². The molecule has 0 fully saturated rings. The van der Waals surface area contributed by atoms with Crippen molar-refractivity contribution in [3.63, 3.8) is 0 Å². The fourth-order valence-electron chi connectivity index (χ4n) is 2.19. The summed E-state index contributed by atoms with van der Waals surface area (Å²) >= 11 is 0. The molecule has 1 unspecified atom stereocenters. The third-order valence-corrected chi connectivity index (χ3v) is 3.51. The number of nitro benzene ring substituents is 1. The molecule has 10 nitrogen and oxygen atoms in total. The van der Waals surface area contributed by atoms with E-state index in [9.17, 15) is 24.8 Å². The number of nitrogens with zero attached hydrogens (tertiary/aromatic N) is 3. The molecule has 2 rings (SSSR count). The number of carboxylic acids is 1. The highest BCUT2D eigenvalue weighted by molar-refractivity contribution is 5.98. The largest absolute Gasteiger partial charge is 0.479 e. The molecule has 132 valence electrons. The minimum atomic E-state index is -1.66. The first-order valence-electron chi connectivity index (χ1n) is 7.10. The fourth-order valence-corrected chi connectivity index (χ4v) is 2.19. The van der Waals surface area contributed by atoms with Crippen molar-refractivity contribution in [3.05, 3.63) is 52.6 Å². The van der Waals surface area contributed by atoms with Crippen molar-refractivity contribution in [2.75, 3.05) is 13.7 Å². The molecule has 2 N–H and O–H groups in total. The van der Waals surface area contributed by atoms with Gasteiger partial charge in [0, 0.05) is 31.1 Å². The molecule has 1 atom stereocenters. The third-order valence-electron chi connectivity index (χ3n) is 3.51. The van der Waals surface area contributed by atoms with Gasteiger partial charge in [0.1, 0.15) is 5.69 Å². The number of imidazole rings is 1. The molecule has 1 aromatic heterocycles. The van der Waals surface area contributed by atoms with Crippen LogP contribution < -0.4 is 5.32 Å². The summed E-state index contributed by atoms with van der Waals surface area (Å²) in [5.74, 6) is -2.05. The van der Waals surface area contributed by atoms with Gasteiger partial charge in [-0.15, -0.1) is 0 Å². The van der Waals surface area contributed by atoms with E-state index in [1.165, 1.54) is 49.5 Å². The number of ether oxygens (including phenoxy) is 1. The van der Waals surface area contributed by atoms with Crippen LogP contribution in [0.2, 0.25) is 0 Å². The molecule has 10 heteroatoms. The normalized spacial score (nSPS) is 13.0. The number of carboxylic acid groups (broad SMARTS) is 1. The van der Waals surface area contributed by atoms with E-state index in [1.54, 1.807) is 0 Å². The van der Waals surface area contributed by atoms with Gasteiger partial charge in [-0.2, -0.15) is 0 Å². The van der Waals surface area contributed by atoms with Gasteiger partial charge < -0.3 is 19.7 Å². The third kappa shape index (κ3) is 3.80. The number of nitro groups is 1. The van der Waals surface area contributed by atoms with Crippen molar-refractivity contribution < 1.29 is 24.4 Å². The highest BCUT2D eigenvalue weighted by atomic mass is 16.6. The average Bonchev–Trinajstić information content (AvgIpc) is 3.08. The van der Waals surface area contributed by atoms with Gasteiger partial charge in [0.25, 0.3) is 11.6 Å². The van der Waals surface area contributed by atoms with Crippen molar-refractivity contribution >= 4 is 17.6 Å². The summed E-state index contributed by atoms with van der Waals surface area (Å²) in [4.78, 5) is 38.2. The van der Waals surface area contributed by atoms with Crippen molar-refractivity contribution in [1.29, 1.82) is 0 Å². The lowest BCUT2D eigenvalue weighted by Gasteiger charge is -2.25. The number of benzene rings is 1. The van der Waals surface area contributed by atoms with Crippen LogP contribution >= 0.6 is 0 Å². The maximum atomic E-state index is 12.3. The zero-order valence-corrected chi connectivity index (χ0v) is 13.5. The highest BCUT2D eigenvalue weighted by Crippen LogP contribution is 2.24. The molecule has 1 aromatic carbocycles. The van der Waals surface area contributed by atoms with Gasteiger partial charge in [-0.25, -0.2) is 9.78 Å². The highest BCUT2D eigenvalue weighted by Gasteiger charge is 2.35. The van der Waals surface area contributed by atoms with E-state index in [1.807, 2.05) is 0 Å². The number of methoxy groups -OCH3 is 1.